The Morgan fingerprint density at radius 3 is 2.69 bits per heavy atom. The number of carbonyl (C=O) groups is 1. The van der Waals surface area contributed by atoms with E-state index in [2.05, 4.69) is 20.8 Å². The van der Waals surface area contributed by atoms with Gasteiger partial charge in [-0.1, -0.05) is 26.8 Å². The van der Waals surface area contributed by atoms with E-state index in [0.29, 0.717) is 23.3 Å². The minimum absolute atomic E-state index is 0.454. The van der Waals surface area contributed by atoms with Crippen LogP contribution in [0, 0.1) is 17.8 Å². The van der Waals surface area contributed by atoms with Crippen LogP contribution in [0.2, 0.25) is 0 Å². The molecule has 0 fully saturated rings. The zero-order valence-corrected chi connectivity index (χ0v) is 8.58. The summed E-state index contributed by atoms with van der Waals surface area (Å²) in [5.41, 5.74) is 0.609. The van der Waals surface area contributed by atoms with Gasteiger partial charge in [-0.05, 0) is 30.6 Å². The highest BCUT2D eigenvalue weighted by Gasteiger charge is 2.24. The molecule has 0 bridgehead atoms. The molecule has 0 spiro atoms. The van der Waals surface area contributed by atoms with Crippen molar-refractivity contribution in [2.24, 2.45) is 17.8 Å². The van der Waals surface area contributed by atoms with E-state index in [9.17, 15) is 4.79 Å². The first-order valence-electron chi connectivity index (χ1n) is 4.94. The Labute approximate surface area is 79.6 Å². The Morgan fingerprint density at radius 1 is 1.62 bits per heavy atom. The van der Waals surface area contributed by atoms with Crippen LogP contribution in [0.1, 0.15) is 33.6 Å². The second-order valence-corrected chi connectivity index (χ2v) is 4.45. The van der Waals surface area contributed by atoms with E-state index in [0.717, 1.165) is 12.8 Å². The number of hydrogen-bond donors (Lipinski definition) is 1. The molecule has 0 amide bonds. The van der Waals surface area contributed by atoms with Crippen molar-refractivity contribution in [3.05, 3.63) is 11.6 Å². The van der Waals surface area contributed by atoms with E-state index in [-0.39, 0.29) is 0 Å². The Balaban J connectivity index is 2.78. The summed E-state index contributed by atoms with van der Waals surface area (Å²) in [7, 11) is 0. The molecule has 0 aliphatic heterocycles. The molecule has 0 saturated heterocycles. The van der Waals surface area contributed by atoms with E-state index in [1.54, 1.807) is 0 Å². The molecule has 0 saturated carbocycles. The molecule has 1 rings (SSSR count). The zero-order chi connectivity index (χ0) is 10.0. The lowest BCUT2D eigenvalue weighted by Crippen LogP contribution is -2.19. The first kappa shape index (κ1) is 10.3. The Hall–Kier alpha value is -0.790. The third kappa shape index (κ3) is 2.58. The average molecular weight is 182 g/mol. The number of allylic oxidation sites excluding steroid dienone is 1. The molecule has 0 aromatic heterocycles. The summed E-state index contributed by atoms with van der Waals surface area (Å²) in [6.45, 7) is 6.43. The van der Waals surface area contributed by atoms with Gasteiger partial charge in [-0.2, -0.15) is 0 Å². The molecule has 2 nitrogen and oxygen atoms in total. The Morgan fingerprint density at radius 2 is 2.23 bits per heavy atom. The second-order valence-electron chi connectivity index (χ2n) is 4.45. The van der Waals surface area contributed by atoms with E-state index in [4.69, 9.17) is 5.11 Å². The monoisotopic (exact) mass is 182 g/mol. The topological polar surface area (TPSA) is 37.3 Å². The fourth-order valence-electron chi connectivity index (χ4n) is 1.94. The van der Waals surface area contributed by atoms with Crippen LogP contribution in [-0.2, 0) is 4.79 Å². The average Bonchev–Trinajstić information content (AvgIpc) is 2.03. The lowest BCUT2D eigenvalue weighted by molar-refractivity contribution is -0.133. The molecular weight excluding hydrogens is 164 g/mol. The molecule has 0 aromatic carbocycles. The lowest BCUT2D eigenvalue weighted by atomic mass is 9.78. The van der Waals surface area contributed by atoms with E-state index < -0.39 is 5.97 Å². The molecule has 0 heterocycles. The highest BCUT2D eigenvalue weighted by atomic mass is 16.4. The summed E-state index contributed by atoms with van der Waals surface area (Å²) in [6, 6.07) is 0. The molecular formula is C11H18O2. The predicted octanol–water partition coefficient (Wildman–Crippen LogP) is 2.70. The lowest BCUT2D eigenvalue weighted by Gasteiger charge is -2.27. The molecule has 0 aromatic rings. The molecule has 13 heavy (non-hydrogen) atoms. The van der Waals surface area contributed by atoms with E-state index in [1.807, 2.05) is 6.08 Å². The number of rotatable bonds is 2. The summed E-state index contributed by atoms with van der Waals surface area (Å²) in [5, 5.41) is 8.89. The van der Waals surface area contributed by atoms with Crippen LogP contribution in [0.15, 0.2) is 11.6 Å². The molecule has 2 heteroatoms. The number of carboxylic acids is 1. The van der Waals surface area contributed by atoms with Gasteiger partial charge in [0.2, 0.25) is 0 Å². The summed E-state index contributed by atoms with van der Waals surface area (Å²) >= 11 is 0. The fourth-order valence-corrected chi connectivity index (χ4v) is 1.94. The molecule has 2 atom stereocenters. The summed E-state index contributed by atoms with van der Waals surface area (Å²) in [6.07, 6.45) is 3.82. The van der Waals surface area contributed by atoms with Crippen molar-refractivity contribution < 1.29 is 9.90 Å². The largest absolute Gasteiger partial charge is 0.478 e. The first-order chi connectivity index (χ1) is 6.00. The minimum atomic E-state index is -0.739. The van der Waals surface area contributed by atoms with Crippen LogP contribution in [0.25, 0.3) is 0 Å². The quantitative estimate of drug-likeness (QED) is 0.713. The van der Waals surface area contributed by atoms with Crippen LogP contribution in [0.5, 0.6) is 0 Å². The van der Waals surface area contributed by atoms with Gasteiger partial charge in [0.1, 0.15) is 0 Å². The van der Waals surface area contributed by atoms with Crippen LogP contribution >= 0.6 is 0 Å². The standard InChI is InChI=1S/C11H18O2/c1-7(2)9-4-8(3)5-10(6-9)11(12)13/h6-9H,4-5H2,1-3H3,(H,12,13)/t8?,9-/m0/s1. The first-order valence-corrected chi connectivity index (χ1v) is 4.94. The van der Waals surface area contributed by atoms with Gasteiger partial charge >= 0.3 is 5.97 Å². The third-order valence-corrected chi connectivity index (χ3v) is 2.79. The van der Waals surface area contributed by atoms with E-state index in [1.165, 1.54) is 0 Å². The molecule has 1 unspecified atom stereocenters. The normalized spacial score (nSPS) is 28.8. The van der Waals surface area contributed by atoms with E-state index >= 15 is 0 Å². The molecule has 1 aliphatic carbocycles. The van der Waals surface area contributed by atoms with Gasteiger partial charge in [-0.3, -0.25) is 0 Å². The number of aliphatic carboxylic acids is 1. The van der Waals surface area contributed by atoms with Crippen LogP contribution < -0.4 is 0 Å². The van der Waals surface area contributed by atoms with Crippen molar-refractivity contribution in [1.29, 1.82) is 0 Å². The van der Waals surface area contributed by atoms with Gasteiger partial charge in [0.15, 0.2) is 0 Å². The van der Waals surface area contributed by atoms with Crippen LogP contribution in [0.4, 0.5) is 0 Å². The van der Waals surface area contributed by atoms with Crippen molar-refractivity contribution in [2.75, 3.05) is 0 Å². The van der Waals surface area contributed by atoms with Crippen LogP contribution in [-0.4, -0.2) is 11.1 Å². The Bertz CT molecular complexity index is 228. The van der Waals surface area contributed by atoms with Crippen molar-refractivity contribution in [1.82, 2.24) is 0 Å². The summed E-state index contributed by atoms with van der Waals surface area (Å²) < 4.78 is 0. The van der Waals surface area contributed by atoms with Gasteiger partial charge in [0.05, 0.1) is 0 Å². The predicted molar refractivity (Wildman–Crippen MR) is 52.4 cm³/mol. The molecule has 1 aliphatic rings. The van der Waals surface area contributed by atoms with Crippen LogP contribution in [0.3, 0.4) is 0 Å². The maximum atomic E-state index is 10.8. The maximum absolute atomic E-state index is 10.8. The minimum Gasteiger partial charge on any atom is -0.478 e. The van der Waals surface area contributed by atoms with Gasteiger partial charge in [0, 0.05) is 5.57 Å². The zero-order valence-electron chi connectivity index (χ0n) is 8.58. The highest BCUT2D eigenvalue weighted by molar-refractivity contribution is 5.86. The second kappa shape index (κ2) is 3.95. The van der Waals surface area contributed by atoms with Crippen molar-refractivity contribution in [3.63, 3.8) is 0 Å². The summed E-state index contributed by atoms with van der Waals surface area (Å²) in [4.78, 5) is 10.8. The number of hydrogen-bond acceptors (Lipinski definition) is 1. The highest BCUT2D eigenvalue weighted by Crippen LogP contribution is 2.32. The van der Waals surface area contributed by atoms with Crippen molar-refractivity contribution in [2.45, 2.75) is 33.6 Å². The Kier molecular flexibility index (Phi) is 3.12. The molecule has 1 N–H and O–H groups in total. The van der Waals surface area contributed by atoms with Gasteiger partial charge in [0.25, 0.3) is 0 Å². The van der Waals surface area contributed by atoms with Crippen molar-refractivity contribution >= 4 is 5.97 Å². The summed E-state index contributed by atoms with van der Waals surface area (Å²) in [5.74, 6) is 0.785. The van der Waals surface area contributed by atoms with Gasteiger partial charge < -0.3 is 5.11 Å². The smallest absolute Gasteiger partial charge is 0.331 e. The fraction of sp³-hybridized carbons (Fsp3) is 0.727. The van der Waals surface area contributed by atoms with Crippen molar-refractivity contribution in [3.8, 4) is 0 Å². The molecule has 74 valence electrons. The molecule has 0 radical (unpaired) electrons. The third-order valence-electron chi connectivity index (χ3n) is 2.79. The van der Waals surface area contributed by atoms with Gasteiger partial charge in [-0.15, -0.1) is 0 Å². The number of carboxylic acid groups (broad SMARTS) is 1. The van der Waals surface area contributed by atoms with Gasteiger partial charge in [-0.25, -0.2) is 4.79 Å². The SMILES string of the molecule is CC1CC(C(=O)O)=C[C@@H](C(C)C)C1. The maximum Gasteiger partial charge on any atom is 0.331 e.